The molecular weight excluding hydrogens is 240 g/mol. The van der Waals surface area contributed by atoms with Crippen LogP contribution in [0.1, 0.15) is 5.56 Å². The van der Waals surface area contributed by atoms with Crippen LogP contribution in [0.15, 0.2) is 30.5 Å². The zero-order chi connectivity index (χ0) is 13.1. The lowest BCUT2D eigenvalue weighted by Crippen LogP contribution is -2.07. The second-order valence-electron chi connectivity index (χ2n) is 3.64. The van der Waals surface area contributed by atoms with Gasteiger partial charge in [0.05, 0.1) is 11.9 Å². The molecule has 1 aromatic carbocycles. The summed E-state index contributed by atoms with van der Waals surface area (Å²) in [6.45, 7) is 1.72. The molecule has 0 unspecified atom stereocenters. The number of ether oxygens (including phenoxy) is 1. The van der Waals surface area contributed by atoms with E-state index in [0.29, 0.717) is 11.3 Å². The number of nitrogen functional groups attached to an aromatic ring is 1. The second kappa shape index (κ2) is 4.97. The predicted molar refractivity (Wildman–Crippen MR) is 63.2 cm³/mol. The highest BCUT2D eigenvalue weighted by Crippen LogP contribution is 2.27. The van der Waals surface area contributed by atoms with Crippen molar-refractivity contribution in [2.45, 2.75) is 6.92 Å². The lowest BCUT2D eigenvalue weighted by molar-refractivity contribution is 0.403. The predicted octanol–water partition coefficient (Wildman–Crippen LogP) is 2.75. The van der Waals surface area contributed by atoms with E-state index in [2.05, 4.69) is 10.4 Å². The maximum atomic E-state index is 13.4. The van der Waals surface area contributed by atoms with Crippen molar-refractivity contribution in [3.8, 4) is 11.6 Å². The molecule has 0 amide bonds. The van der Waals surface area contributed by atoms with Crippen LogP contribution in [0, 0.1) is 18.6 Å². The summed E-state index contributed by atoms with van der Waals surface area (Å²) in [6, 6.07) is 5.39. The van der Waals surface area contributed by atoms with Crippen LogP contribution in [0.2, 0.25) is 0 Å². The van der Waals surface area contributed by atoms with E-state index in [1.807, 2.05) is 0 Å². The molecule has 2 rings (SSSR count). The number of aryl methyl sites for hydroxylation is 1. The SMILES string of the molecule is Cc1cc(NN)cnc1Oc1cccc(F)c1F. The molecule has 18 heavy (non-hydrogen) atoms. The van der Waals surface area contributed by atoms with E-state index in [4.69, 9.17) is 10.6 Å². The van der Waals surface area contributed by atoms with Gasteiger partial charge in [-0.1, -0.05) is 6.07 Å². The molecule has 0 aliphatic carbocycles. The quantitative estimate of drug-likeness (QED) is 0.650. The number of hydrogen-bond donors (Lipinski definition) is 2. The minimum Gasteiger partial charge on any atom is -0.436 e. The van der Waals surface area contributed by atoms with Crippen LogP contribution >= 0.6 is 0 Å². The molecule has 0 fully saturated rings. The first-order valence-electron chi connectivity index (χ1n) is 5.17. The number of aromatic nitrogens is 1. The summed E-state index contributed by atoms with van der Waals surface area (Å²) in [5.74, 6) is 3.20. The zero-order valence-electron chi connectivity index (χ0n) is 9.58. The van der Waals surface area contributed by atoms with Crippen molar-refractivity contribution in [1.82, 2.24) is 4.98 Å². The number of rotatable bonds is 3. The number of hydrogen-bond acceptors (Lipinski definition) is 4. The lowest BCUT2D eigenvalue weighted by Gasteiger charge is -2.09. The number of benzene rings is 1. The fourth-order valence-electron chi connectivity index (χ4n) is 1.42. The van der Waals surface area contributed by atoms with Crippen LogP contribution in [0.5, 0.6) is 11.6 Å². The Morgan fingerprint density at radius 2 is 2.11 bits per heavy atom. The molecule has 6 heteroatoms. The van der Waals surface area contributed by atoms with Crippen molar-refractivity contribution < 1.29 is 13.5 Å². The van der Waals surface area contributed by atoms with Gasteiger partial charge in [0.1, 0.15) is 0 Å². The van der Waals surface area contributed by atoms with E-state index in [-0.39, 0.29) is 11.6 Å². The number of halogens is 2. The van der Waals surface area contributed by atoms with Crippen molar-refractivity contribution in [3.63, 3.8) is 0 Å². The van der Waals surface area contributed by atoms with E-state index in [9.17, 15) is 8.78 Å². The molecule has 2 aromatic rings. The molecule has 0 radical (unpaired) electrons. The summed E-state index contributed by atoms with van der Waals surface area (Å²) in [4.78, 5) is 3.96. The number of anilines is 1. The summed E-state index contributed by atoms with van der Waals surface area (Å²) in [7, 11) is 0. The van der Waals surface area contributed by atoms with Gasteiger partial charge in [0.2, 0.25) is 11.7 Å². The van der Waals surface area contributed by atoms with Crippen LogP contribution < -0.4 is 16.0 Å². The van der Waals surface area contributed by atoms with Gasteiger partial charge in [0.25, 0.3) is 0 Å². The smallest absolute Gasteiger partial charge is 0.222 e. The van der Waals surface area contributed by atoms with Gasteiger partial charge in [0, 0.05) is 5.56 Å². The maximum absolute atomic E-state index is 13.4. The molecule has 1 heterocycles. The number of nitrogens with two attached hydrogens (primary N) is 1. The first-order valence-corrected chi connectivity index (χ1v) is 5.17. The molecule has 0 spiro atoms. The molecule has 94 valence electrons. The number of pyridine rings is 1. The highest BCUT2D eigenvalue weighted by atomic mass is 19.2. The molecule has 0 saturated heterocycles. The second-order valence-corrected chi connectivity index (χ2v) is 3.64. The van der Waals surface area contributed by atoms with E-state index >= 15 is 0 Å². The number of hydrazine groups is 1. The molecule has 4 nitrogen and oxygen atoms in total. The Hall–Kier alpha value is -2.21. The van der Waals surface area contributed by atoms with Crippen LogP contribution in [-0.2, 0) is 0 Å². The zero-order valence-corrected chi connectivity index (χ0v) is 9.58. The minimum atomic E-state index is -1.04. The van der Waals surface area contributed by atoms with Gasteiger partial charge in [-0.25, -0.2) is 9.37 Å². The Morgan fingerprint density at radius 3 is 2.78 bits per heavy atom. The number of nitrogens with one attached hydrogen (secondary N) is 1. The van der Waals surface area contributed by atoms with E-state index in [1.165, 1.54) is 18.3 Å². The van der Waals surface area contributed by atoms with Gasteiger partial charge < -0.3 is 10.2 Å². The van der Waals surface area contributed by atoms with Crippen LogP contribution in [0.3, 0.4) is 0 Å². The Morgan fingerprint density at radius 1 is 1.33 bits per heavy atom. The molecule has 0 aliphatic rings. The summed E-state index contributed by atoms with van der Waals surface area (Å²) in [5.41, 5.74) is 3.67. The average molecular weight is 251 g/mol. The molecule has 0 aliphatic heterocycles. The Kier molecular flexibility index (Phi) is 3.38. The van der Waals surface area contributed by atoms with Crippen LogP contribution in [0.4, 0.5) is 14.5 Å². The first kappa shape index (κ1) is 12.3. The highest BCUT2D eigenvalue weighted by Gasteiger charge is 2.11. The summed E-state index contributed by atoms with van der Waals surface area (Å²) in [6.07, 6.45) is 1.43. The van der Waals surface area contributed by atoms with E-state index in [0.717, 1.165) is 6.07 Å². The highest BCUT2D eigenvalue weighted by molar-refractivity contribution is 5.46. The first-order chi connectivity index (χ1) is 8.61. The molecule has 3 N–H and O–H groups in total. The van der Waals surface area contributed by atoms with Gasteiger partial charge in [-0.15, -0.1) is 0 Å². The summed E-state index contributed by atoms with van der Waals surface area (Å²) < 4.78 is 31.6. The van der Waals surface area contributed by atoms with Gasteiger partial charge >= 0.3 is 0 Å². The maximum Gasteiger partial charge on any atom is 0.222 e. The fraction of sp³-hybridized carbons (Fsp3) is 0.0833. The molecular formula is C12H11F2N3O. The van der Waals surface area contributed by atoms with Crippen LogP contribution in [-0.4, -0.2) is 4.98 Å². The van der Waals surface area contributed by atoms with Crippen molar-refractivity contribution in [2.24, 2.45) is 5.84 Å². The third-order valence-corrected chi connectivity index (χ3v) is 2.32. The molecule has 0 bridgehead atoms. The van der Waals surface area contributed by atoms with E-state index in [1.54, 1.807) is 13.0 Å². The Bertz CT molecular complexity index is 575. The van der Waals surface area contributed by atoms with Crippen molar-refractivity contribution in [1.29, 1.82) is 0 Å². The monoisotopic (exact) mass is 251 g/mol. The third-order valence-electron chi connectivity index (χ3n) is 2.32. The van der Waals surface area contributed by atoms with Gasteiger partial charge in [-0.05, 0) is 25.1 Å². The van der Waals surface area contributed by atoms with E-state index < -0.39 is 11.6 Å². The Balaban J connectivity index is 2.31. The molecule has 0 atom stereocenters. The van der Waals surface area contributed by atoms with Crippen molar-refractivity contribution in [2.75, 3.05) is 5.43 Å². The topological polar surface area (TPSA) is 60.2 Å². The van der Waals surface area contributed by atoms with Crippen LogP contribution in [0.25, 0.3) is 0 Å². The standard InChI is InChI=1S/C12H11F2N3O/c1-7-5-8(17-15)6-16-12(7)18-10-4-2-3-9(13)11(10)14/h2-6,17H,15H2,1H3. The Labute approximate surface area is 102 Å². The summed E-state index contributed by atoms with van der Waals surface area (Å²) >= 11 is 0. The van der Waals surface area contributed by atoms with Gasteiger partial charge in [0.15, 0.2) is 11.6 Å². The van der Waals surface area contributed by atoms with Gasteiger partial charge in [-0.3, -0.25) is 5.84 Å². The normalized spacial score (nSPS) is 10.2. The third kappa shape index (κ3) is 2.38. The lowest BCUT2D eigenvalue weighted by atomic mass is 10.3. The fourth-order valence-corrected chi connectivity index (χ4v) is 1.42. The molecule has 0 saturated carbocycles. The number of nitrogens with zero attached hydrogens (tertiary/aromatic N) is 1. The van der Waals surface area contributed by atoms with Crippen molar-refractivity contribution in [3.05, 3.63) is 47.7 Å². The summed E-state index contributed by atoms with van der Waals surface area (Å²) in [5, 5.41) is 0. The average Bonchev–Trinajstić information content (AvgIpc) is 2.37. The molecule has 1 aromatic heterocycles. The minimum absolute atomic E-state index is 0.193. The van der Waals surface area contributed by atoms with Crippen molar-refractivity contribution >= 4 is 5.69 Å². The largest absolute Gasteiger partial charge is 0.436 e. The van der Waals surface area contributed by atoms with Gasteiger partial charge in [-0.2, -0.15) is 4.39 Å².